The van der Waals surface area contributed by atoms with Crippen molar-refractivity contribution in [3.8, 4) is 6.07 Å². The highest BCUT2D eigenvalue weighted by Gasteiger charge is 2.06. The normalized spacial score (nSPS) is 10.4. The molecule has 20 heavy (non-hydrogen) atoms. The number of para-hydroxylation sites is 1. The van der Waals surface area contributed by atoms with E-state index in [1.54, 1.807) is 6.07 Å². The van der Waals surface area contributed by atoms with Gasteiger partial charge in [0, 0.05) is 11.5 Å². The molecular formula is C15H12N4O. The lowest BCUT2D eigenvalue weighted by Crippen LogP contribution is -2.02. The van der Waals surface area contributed by atoms with Gasteiger partial charge in [-0.1, -0.05) is 23.4 Å². The van der Waals surface area contributed by atoms with Crippen molar-refractivity contribution in [2.24, 2.45) is 0 Å². The van der Waals surface area contributed by atoms with Crippen molar-refractivity contribution < 1.29 is 4.52 Å². The second-order valence-corrected chi connectivity index (χ2v) is 4.47. The molecule has 0 spiro atoms. The molecule has 3 rings (SSSR count). The van der Waals surface area contributed by atoms with Gasteiger partial charge in [-0.3, -0.25) is 0 Å². The van der Waals surface area contributed by atoms with Crippen LogP contribution in [0.25, 0.3) is 10.9 Å². The Hall–Kier alpha value is -2.87. The van der Waals surface area contributed by atoms with Crippen molar-refractivity contribution in [3.05, 3.63) is 53.4 Å². The number of anilines is 1. The molecule has 0 amide bonds. The average molecular weight is 264 g/mol. The minimum Gasteiger partial charge on any atom is -0.364 e. The molecule has 5 heteroatoms. The van der Waals surface area contributed by atoms with Crippen molar-refractivity contribution in [3.63, 3.8) is 0 Å². The largest absolute Gasteiger partial charge is 0.364 e. The number of nitrogens with zero attached hydrogens (tertiary/aromatic N) is 3. The highest BCUT2D eigenvalue weighted by molar-refractivity contribution is 5.86. The Labute approximate surface area is 115 Å². The van der Waals surface area contributed by atoms with Crippen molar-refractivity contribution in [2.45, 2.75) is 13.5 Å². The first-order chi connectivity index (χ1) is 9.76. The summed E-state index contributed by atoms with van der Waals surface area (Å²) in [6, 6.07) is 13.4. The number of nitrogens with one attached hydrogen (secondary N) is 1. The molecule has 1 aromatic carbocycles. The van der Waals surface area contributed by atoms with Crippen LogP contribution in [0, 0.1) is 18.3 Å². The van der Waals surface area contributed by atoms with E-state index < -0.39 is 0 Å². The van der Waals surface area contributed by atoms with E-state index in [0.717, 1.165) is 22.4 Å². The molecule has 2 heterocycles. The summed E-state index contributed by atoms with van der Waals surface area (Å²) in [5.74, 6) is 1.42. The molecule has 0 radical (unpaired) electrons. The van der Waals surface area contributed by atoms with E-state index in [9.17, 15) is 5.26 Å². The lowest BCUT2D eigenvalue weighted by atomic mass is 10.1. The summed E-state index contributed by atoms with van der Waals surface area (Å²) >= 11 is 0. The van der Waals surface area contributed by atoms with Crippen molar-refractivity contribution in [1.82, 2.24) is 10.1 Å². The number of rotatable bonds is 3. The number of nitriles is 1. The van der Waals surface area contributed by atoms with Gasteiger partial charge in [0.15, 0.2) is 0 Å². The third-order valence-corrected chi connectivity index (χ3v) is 2.96. The minimum atomic E-state index is 0.507. The molecule has 3 aromatic rings. The highest BCUT2D eigenvalue weighted by atomic mass is 16.5. The molecule has 0 aliphatic heterocycles. The van der Waals surface area contributed by atoms with Crippen molar-refractivity contribution >= 4 is 16.7 Å². The van der Waals surface area contributed by atoms with E-state index in [1.165, 1.54) is 0 Å². The van der Waals surface area contributed by atoms with Crippen molar-refractivity contribution in [1.29, 1.82) is 5.26 Å². The molecule has 0 saturated carbocycles. The lowest BCUT2D eigenvalue weighted by molar-refractivity contribution is 0.391. The van der Waals surface area contributed by atoms with Crippen LogP contribution in [0.15, 0.2) is 40.9 Å². The molecular weight excluding hydrogens is 252 g/mol. The van der Waals surface area contributed by atoms with Crippen LogP contribution in [0.3, 0.4) is 0 Å². The maximum Gasteiger partial charge on any atom is 0.133 e. The van der Waals surface area contributed by atoms with Crippen LogP contribution >= 0.6 is 0 Å². The molecule has 0 saturated heterocycles. The molecule has 0 aliphatic rings. The second-order valence-electron chi connectivity index (χ2n) is 4.47. The van der Waals surface area contributed by atoms with Gasteiger partial charge >= 0.3 is 0 Å². The summed E-state index contributed by atoms with van der Waals surface area (Å²) in [4.78, 5) is 4.49. The Morgan fingerprint density at radius 2 is 2.15 bits per heavy atom. The third-order valence-electron chi connectivity index (χ3n) is 2.96. The number of hydrogen-bond acceptors (Lipinski definition) is 5. The number of aryl methyl sites for hydroxylation is 1. The fourth-order valence-corrected chi connectivity index (χ4v) is 2.04. The van der Waals surface area contributed by atoms with Crippen molar-refractivity contribution in [2.75, 3.05) is 5.32 Å². The first-order valence-corrected chi connectivity index (χ1v) is 6.22. The van der Waals surface area contributed by atoms with Crippen LogP contribution in [-0.2, 0) is 6.54 Å². The highest BCUT2D eigenvalue weighted by Crippen LogP contribution is 2.20. The van der Waals surface area contributed by atoms with E-state index in [4.69, 9.17) is 4.52 Å². The van der Waals surface area contributed by atoms with Crippen LogP contribution in [0.1, 0.15) is 17.0 Å². The van der Waals surface area contributed by atoms with Gasteiger partial charge in [0.1, 0.15) is 17.3 Å². The summed E-state index contributed by atoms with van der Waals surface area (Å²) < 4.78 is 5.01. The lowest BCUT2D eigenvalue weighted by Gasteiger charge is -2.06. The van der Waals surface area contributed by atoms with Gasteiger partial charge < -0.3 is 9.84 Å². The minimum absolute atomic E-state index is 0.507. The monoisotopic (exact) mass is 264 g/mol. The van der Waals surface area contributed by atoms with Gasteiger partial charge in [-0.2, -0.15) is 5.26 Å². The predicted molar refractivity (Wildman–Crippen MR) is 75.0 cm³/mol. The third kappa shape index (κ3) is 2.31. The number of aromatic nitrogens is 2. The first-order valence-electron chi connectivity index (χ1n) is 6.22. The summed E-state index contributed by atoms with van der Waals surface area (Å²) in [5, 5.41) is 17.1. The van der Waals surface area contributed by atoms with Crippen LogP contribution < -0.4 is 5.32 Å². The first kappa shape index (κ1) is 12.2. The van der Waals surface area contributed by atoms with E-state index >= 15 is 0 Å². The zero-order chi connectivity index (χ0) is 13.9. The van der Waals surface area contributed by atoms with Gasteiger partial charge in [0.05, 0.1) is 23.7 Å². The van der Waals surface area contributed by atoms with Crippen LogP contribution in [0.2, 0.25) is 0 Å². The average Bonchev–Trinajstić information content (AvgIpc) is 2.90. The molecule has 1 N–H and O–H groups in total. The second kappa shape index (κ2) is 5.02. The number of benzene rings is 1. The zero-order valence-corrected chi connectivity index (χ0v) is 10.9. The van der Waals surface area contributed by atoms with E-state index in [-0.39, 0.29) is 0 Å². The Kier molecular flexibility index (Phi) is 3.05. The van der Waals surface area contributed by atoms with Gasteiger partial charge in [-0.15, -0.1) is 0 Å². The van der Waals surface area contributed by atoms with E-state index in [2.05, 4.69) is 21.5 Å². The Morgan fingerprint density at radius 3 is 2.90 bits per heavy atom. The fraction of sp³-hybridized carbons (Fsp3) is 0.133. The van der Waals surface area contributed by atoms with E-state index in [0.29, 0.717) is 17.9 Å². The molecule has 0 bridgehead atoms. The molecule has 98 valence electrons. The molecule has 5 nitrogen and oxygen atoms in total. The zero-order valence-electron chi connectivity index (χ0n) is 10.9. The molecule has 0 unspecified atom stereocenters. The van der Waals surface area contributed by atoms with Crippen LogP contribution in [0.4, 0.5) is 5.82 Å². The Bertz CT molecular complexity index is 801. The van der Waals surface area contributed by atoms with E-state index in [1.807, 2.05) is 37.3 Å². The van der Waals surface area contributed by atoms with Crippen LogP contribution in [0.5, 0.6) is 0 Å². The molecule has 0 aliphatic carbocycles. The number of pyridine rings is 1. The molecule has 0 fully saturated rings. The number of fused-ring (bicyclic) bond motifs is 1. The van der Waals surface area contributed by atoms with Gasteiger partial charge in [-0.25, -0.2) is 4.98 Å². The fourth-order valence-electron chi connectivity index (χ4n) is 2.04. The molecule has 0 atom stereocenters. The summed E-state index contributed by atoms with van der Waals surface area (Å²) in [5.41, 5.74) is 2.20. The summed E-state index contributed by atoms with van der Waals surface area (Å²) in [6.07, 6.45) is 0. The molecule has 2 aromatic heterocycles. The van der Waals surface area contributed by atoms with Crippen LogP contribution in [-0.4, -0.2) is 10.1 Å². The summed E-state index contributed by atoms with van der Waals surface area (Å²) in [7, 11) is 0. The van der Waals surface area contributed by atoms with Gasteiger partial charge in [0.2, 0.25) is 0 Å². The quantitative estimate of drug-likeness (QED) is 0.787. The smallest absolute Gasteiger partial charge is 0.133 e. The van der Waals surface area contributed by atoms with Gasteiger partial charge in [-0.05, 0) is 19.1 Å². The Morgan fingerprint density at radius 1 is 1.30 bits per heavy atom. The SMILES string of the molecule is Cc1cc(CNc2cc(C#N)c3ccccc3n2)no1. The maximum absolute atomic E-state index is 9.22. The number of hydrogen-bond donors (Lipinski definition) is 1. The van der Waals surface area contributed by atoms with Gasteiger partial charge in [0.25, 0.3) is 0 Å². The predicted octanol–water partition coefficient (Wildman–Crippen LogP) is 3.02. The summed E-state index contributed by atoms with van der Waals surface area (Å²) in [6.45, 7) is 2.35. The maximum atomic E-state index is 9.22. The Balaban J connectivity index is 1.90. The topological polar surface area (TPSA) is 74.7 Å². The standard InChI is InChI=1S/C15H12N4O/c1-10-6-12(19-20-10)9-17-15-7-11(8-16)13-4-2-3-5-14(13)18-15/h2-7H,9H2,1H3,(H,17,18).